The highest BCUT2D eigenvalue weighted by Gasteiger charge is 2.01. The van der Waals surface area contributed by atoms with Crippen LogP contribution in [0.1, 0.15) is 12.5 Å². The van der Waals surface area contributed by atoms with Crippen molar-refractivity contribution in [2.24, 2.45) is 21.7 Å². The number of nitrogens with two attached hydrogens (primary N) is 2. The number of hydrogen-bond acceptors (Lipinski definition) is 3. The summed E-state index contributed by atoms with van der Waals surface area (Å²) >= 11 is 11.7. The third kappa shape index (κ3) is 7.48. The zero-order chi connectivity index (χ0) is 14.1. The lowest BCUT2D eigenvalue weighted by molar-refractivity contribution is -0.134. The van der Waals surface area contributed by atoms with Crippen molar-refractivity contribution in [2.45, 2.75) is 6.92 Å². The van der Waals surface area contributed by atoms with Crippen molar-refractivity contribution in [1.29, 1.82) is 0 Å². The fourth-order valence-corrected chi connectivity index (χ4v) is 1.28. The van der Waals surface area contributed by atoms with Gasteiger partial charge in [0.15, 0.2) is 0 Å². The van der Waals surface area contributed by atoms with Crippen molar-refractivity contribution < 1.29 is 9.90 Å². The van der Waals surface area contributed by atoms with E-state index in [2.05, 4.69) is 10.2 Å². The fraction of sp³-hybridized carbons (Fsp3) is 0.100. The Morgan fingerprint density at radius 3 is 2.17 bits per heavy atom. The van der Waals surface area contributed by atoms with E-state index in [1.807, 2.05) is 0 Å². The van der Waals surface area contributed by atoms with Crippen molar-refractivity contribution in [3.05, 3.63) is 33.8 Å². The van der Waals surface area contributed by atoms with E-state index in [0.717, 1.165) is 6.92 Å². The van der Waals surface area contributed by atoms with Gasteiger partial charge in [0, 0.05) is 12.5 Å². The third-order valence-electron chi connectivity index (χ3n) is 1.36. The number of guanidine groups is 1. The molecular weight excluding hydrogens is 279 g/mol. The van der Waals surface area contributed by atoms with Gasteiger partial charge in [0.1, 0.15) is 0 Å². The van der Waals surface area contributed by atoms with Crippen molar-refractivity contribution in [3.8, 4) is 0 Å². The van der Waals surface area contributed by atoms with Crippen LogP contribution in [0.5, 0.6) is 0 Å². The fourth-order valence-electron chi connectivity index (χ4n) is 0.787. The first-order valence-electron chi connectivity index (χ1n) is 4.60. The molecule has 0 aromatic heterocycles. The van der Waals surface area contributed by atoms with Gasteiger partial charge in [-0.05, 0) is 12.1 Å². The van der Waals surface area contributed by atoms with Crippen molar-refractivity contribution in [2.75, 3.05) is 0 Å². The zero-order valence-corrected chi connectivity index (χ0v) is 11.0. The maximum atomic E-state index is 9.00. The van der Waals surface area contributed by atoms with Crippen molar-refractivity contribution >= 4 is 41.3 Å². The highest BCUT2D eigenvalue weighted by Crippen LogP contribution is 2.22. The average molecular weight is 291 g/mol. The molecule has 0 unspecified atom stereocenters. The van der Waals surface area contributed by atoms with E-state index < -0.39 is 5.97 Å². The molecule has 8 heteroatoms. The van der Waals surface area contributed by atoms with Gasteiger partial charge in [-0.2, -0.15) is 5.10 Å². The summed E-state index contributed by atoms with van der Waals surface area (Å²) in [6, 6.07) is 5.14. The van der Waals surface area contributed by atoms with Gasteiger partial charge in [0.2, 0.25) is 5.96 Å². The molecule has 0 radical (unpaired) electrons. The van der Waals surface area contributed by atoms with Crippen LogP contribution in [0.3, 0.4) is 0 Å². The van der Waals surface area contributed by atoms with Crippen LogP contribution in [0.15, 0.2) is 28.4 Å². The summed E-state index contributed by atoms with van der Waals surface area (Å²) in [5, 5.41) is 15.4. The van der Waals surface area contributed by atoms with Gasteiger partial charge in [-0.25, -0.2) is 0 Å². The van der Waals surface area contributed by atoms with E-state index >= 15 is 0 Å². The third-order valence-corrected chi connectivity index (χ3v) is 2.02. The monoisotopic (exact) mass is 290 g/mol. The van der Waals surface area contributed by atoms with Crippen LogP contribution in [0.2, 0.25) is 10.0 Å². The van der Waals surface area contributed by atoms with E-state index in [1.54, 1.807) is 18.2 Å². The summed E-state index contributed by atoms with van der Waals surface area (Å²) in [6.45, 7) is 1.08. The molecule has 0 saturated carbocycles. The standard InChI is InChI=1S/C8H8Cl2N4.C2H4O2/c9-6-2-1-3-7(10)5(6)4-13-14-8(11)12;1-2(3)4/h1-4H,(H4,11,12,14);1H3,(H,3,4)/b13-4+;. The average Bonchev–Trinajstić information content (AvgIpc) is 2.21. The lowest BCUT2D eigenvalue weighted by Gasteiger charge is -1.98. The summed E-state index contributed by atoms with van der Waals surface area (Å²) in [6.07, 6.45) is 1.39. The number of halogens is 2. The molecule has 1 aromatic carbocycles. The lowest BCUT2D eigenvalue weighted by atomic mass is 10.2. The van der Waals surface area contributed by atoms with Gasteiger partial charge in [-0.1, -0.05) is 29.3 Å². The molecule has 0 heterocycles. The molecule has 0 amide bonds. The minimum atomic E-state index is -0.833. The van der Waals surface area contributed by atoms with Crippen LogP contribution in [0, 0.1) is 0 Å². The Hall–Kier alpha value is -1.79. The number of carbonyl (C=O) groups is 1. The molecule has 98 valence electrons. The summed E-state index contributed by atoms with van der Waals surface area (Å²) in [7, 11) is 0. The number of benzene rings is 1. The first kappa shape index (κ1) is 16.2. The topological polar surface area (TPSA) is 114 Å². The molecule has 1 rings (SSSR count). The Kier molecular flexibility index (Phi) is 7.50. The Bertz CT molecular complexity index is 447. The number of carboxylic acid groups (broad SMARTS) is 1. The number of hydrogen-bond donors (Lipinski definition) is 3. The largest absolute Gasteiger partial charge is 0.481 e. The highest BCUT2D eigenvalue weighted by molar-refractivity contribution is 6.38. The molecule has 0 aliphatic carbocycles. The minimum Gasteiger partial charge on any atom is -0.481 e. The Morgan fingerprint density at radius 2 is 1.78 bits per heavy atom. The van der Waals surface area contributed by atoms with Crippen LogP contribution in [0.25, 0.3) is 0 Å². The molecule has 18 heavy (non-hydrogen) atoms. The first-order valence-corrected chi connectivity index (χ1v) is 5.35. The molecular formula is C10H12Cl2N4O2. The maximum absolute atomic E-state index is 9.00. The summed E-state index contributed by atoms with van der Waals surface area (Å²) < 4.78 is 0. The van der Waals surface area contributed by atoms with Crippen LogP contribution >= 0.6 is 23.2 Å². The van der Waals surface area contributed by atoms with Gasteiger partial charge in [0.05, 0.1) is 16.3 Å². The van der Waals surface area contributed by atoms with E-state index in [-0.39, 0.29) is 5.96 Å². The van der Waals surface area contributed by atoms with E-state index in [0.29, 0.717) is 15.6 Å². The van der Waals surface area contributed by atoms with Gasteiger partial charge in [0.25, 0.3) is 5.97 Å². The smallest absolute Gasteiger partial charge is 0.300 e. The van der Waals surface area contributed by atoms with Gasteiger partial charge in [-0.15, -0.1) is 5.10 Å². The minimum absolute atomic E-state index is 0.121. The highest BCUT2D eigenvalue weighted by atomic mass is 35.5. The summed E-state index contributed by atoms with van der Waals surface area (Å²) in [5.74, 6) is -0.954. The Morgan fingerprint density at radius 1 is 1.33 bits per heavy atom. The predicted octanol–water partition coefficient (Wildman–Crippen LogP) is 1.69. The van der Waals surface area contributed by atoms with Crippen LogP contribution in [0.4, 0.5) is 0 Å². The van der Waals surface area contributed by atoms with Crippen LogP contribution < -0.4 is 11.5 Å². The molecule has 0 spiro atoms. The van der Waals surface area contributed by atoms with Crippen molar-refractivity contribution in [3.63, 3.8) is 0 Å². The first-order chi connectivity index (χ1) is 8.34. The van der Waals surface area contributed by atoms with E-state index in [4.69, 9.17) is 44.6 Å². The Labute approximate surface area is 114 Å². The lowest BCUT2D eigenvalue weighted by Crippen LogP contribution is -2.21. The van der Waals surface area contributed by atoms with Crippen LogP contribution in [-0.4, -0.2) is 23.2 Å². The molecule has 1 aromatic rings. The summed E-state index contributed by atoms with van der Waals surface area (Å²) in [4.78, 5) is 9.00. The van der Waals surface area contributed by atoms with Crippen molar-refractivity contribution in [1.82, 2.24) is 0 Å². The van der Waals surface area contributed by atoms with E-state index in [9.17, 15) is 0 Å². The second-order valence-electron chi connectivity index (χ2n) is 2.92. The van der Waals surface area contributed by atoms with Crippen LogP contribution in [-0.2, 0) is 4.79 Å². The summed E-state index contributed by atoms with van der Waals surface area (Å²) in [5.41, 5.74) is 10.7. The number of nitrogens with zero attached hydrogens (tertiary/aromatic N) is 2. The molecule has 0 aliphatic heterocycles. The molecule has 0 bridgehead atoms. The zero-order valence-electron chi connectivity index (χ0n) is 9.47. The maximum Gasteiger partial charge on any atom is 0.300 e. The second kappa shape index (κ2) is 8.32. The Balaban J connectivity index is 0.000000631. The quantitative estimate of drug-likeness (QED) is 0.437. The molecule has 5 N–H and O–H groups in total. The van der Waals surface area contributed by atoms with E-state index in [1.165, 1.54) is 6.21 Å². The van der Waals surface area contributed by atoms with Gasteiger partial charge >= 0.3 is 0 Å². The molecule has 6 nitrogen and oxygen atoms in total. The molecule has 0 fully saturated rings. The molecule has 0 atom stereocenters. The predicted molar refractivity (Wildman–Crippen MR) is 73.2 cm³/mol. The SMILES string of the molecule is CC(=O)O.NC(N)=N/N=C/c1c(Cl)cccc1Cl. The normalized spacial score (nSPS) is 9.50. The van der Waals surface area contributed by atoms with Gasteiger partial charge in [-0.3, -0.25) is 4.79 Å². The number of carboxylic acids is 1. The molecule has 0 saturated heterocycles. The molecule has 0 aliphatic rings. The van der Waals surface area contributed by atoms with Gasteiger partial charge < -0.3 is 16.6 Å². The number of rotatable bonds is 2. The second-order valence-corrected chi connectivity index (χ2v) is 3.74. The number of aliphatic carboxylic acids is 1.